The van der Waals surface area contributed by atoms with Crippen LogP contribution >= 0.6 is 11.6 Å². The first-order chi connectivity index (χ1) is 11.1. The lowest BCUT2D eigenvalue weighted by Gasteiger charge is -2.21. The molecule has 0 aliphatic carbocycles. The number of aliphatic imine (C=N–C) groups is 1. The van der Waals surface area contributed by atoms with Gasteiger partial charge in [-0.25, -0.2) is 0 Å². The average molecular weight is 338 g/mol. The third-order valence-electron chi connectivity index (χ3n) is 3.04. The van der Waals surface area contributed by atoms with Crippen molar-refractivity contribution in [3.63, 3.8) is 0 Å². The average Bonchev–Trinajstić information content (AvgIpc) is 2.93. The van der Waals surface area contributed by atoms with Gasteiger partial charge < -0.3 is 19.5 Å². The lowest BCUT2D eigenvalue weighted by Crippen LogP contribution is -2.40. The van der Waals surface area contributed by atoms with Gasteiger partial charge in [-0.1, -0.05) is 22.8 Å². The van der Waals surface area contributed by atoms with Crippen LogP contribution in [0.25, 0.3) is 0 Å². The van der Waals surface area contributed by atoms with Gasteiger partial charge in [0.25, 0.3) is 0 Å². The molecule has 2 aromatic rings. The molecule has 0 saturated carbocycles. The van der Waals surface area contributed by atoms with E-state index in [2.05, 4.69) is 20.4 Å². The third kappa shape index (κ3) is 5.45. The Labute approximate surface area is 140 Å². The van der Waals surface area contributed by atoms with Crippen LogP contribution in [0.1, 0.15) is 11.7 Å². The van der Waals surface area contributed by atoms with E-state index in [4.69, 9.17) is 20.9 Å². The van der Waals surface area contributed by atoms with E-state index in [0.29, 0.717) is 36.4 Å². The topological polar surface area (TPSA) is 75.8 Å². The van der Waals surface area contributed by atoms with Crippen LogP contribution in [0.3, 0.4) is 0 Å². The Morgan fingerprint density at radius 3 is 2.96 bits per heavy atom. The van der Waals surface area contributed by atoms with E-state index < -0.39 is 0 Å². The third-order valence-corrected chi connectivity index (χ3v) is 3.27. The molecule has 1 N–H and O–H groups in total. The van der Waals surface area contributed by atoms with E-state index in [0.717, 1.165) is 11.7 Å². The largest absolute Gasteiger partial charge is 0.492 e. The second-order valence-corrected chi connectivity index (χ2v) is 5.29. The van der Waals surface area contributed by atoms with Crippen molar-refractivity contribution in [2.75, 3.05) is 27.2 Å². The van der Waals surface area contributed by atoms with E-state index in [-0.39, 0.29) is 0 Å². The molecule has 0 saturated heterocycles. The second-order valence-electron chi connectivity index (χ2n) is 4.86. The molecule has 0 fully saturated rings. The molecule has 23 heavy (non-hydrogen) atoms. The molecule has 8 heteroatoms. The molecule has 0 spiro atoms. The zero-order chi connectivity index (χ0) is 16.7. The summed E-state index contributed by atoms with van der Waals surface area (Å²) < 4.78 is 10.6. The minimum Gasteiger partial charge on any atom is -0.492 e. The Balaban J connectivity index is 1.77. The summed E-state index contributed by atoms with van der Waals surface area (Å²) in [5.74, 6) is 2.60. The number of hydrogen-bond acceptors (Lipinski definition) is 5. The minimum absolute atomic E-state index is 0.448. The molecular formula is C15H20ClN5O2. The molecule has 0 radical (unpaired) electrons. The van der Waals surface area contributed by atoms with Gasteiger partial charge in [-0.2, -0.15) is 4.98 Å². The fourth-order valence-corrected chi connectivity index (χ4v) is 2.10. The van der Waals surface area contributed by atoms with Crippen molar-refractivity contribution in [3.8, 4) is 5.75 Å². The minimum atomic E-state index is 0.448. The van der Waals surface area contributed by atoms with Gasteiger partial charge in [-0.3, -0.25) is 4.99 Å². The van der Waals surface area contributed by atoms with Crippen LogP contribution < -0.4 is 10.1 Å². The lowest BCUT2D eigenvalue weighted by atomic mass is 10.3. The summed E-state index contributed by atoms with van der Waals surface area (Å²) in [4.78, 5) is 10.3. The Hall–Kier alpha value is -2.28. The van der Waals surface area contributed by atoms with Gasteiger partial charge in [0.1, 0.15) is 12.4 Å². The Bertz CT molecular complexity index is 659. The summed E-state index contributed by atoms with van der Waals surface area (Å²) in [6, 6.07) is 7.32. The van der Waals surface area contributed by atoms with Gasteiger partial charge in [0, 0.05) is 26.0 Å². The zero-order valence-corrected chi connectivity index (χ0v) is 14.2. The number of ether oxygens (including phenoxy) is 1. The van der Waals surface area contributed by atoms with Crippen molar-refractivity contribution < 1.29 is 9.26 Å². The molecule has 1 aromatic heterocycles. The number of aryl methyl sites for hydroxylation is 1. The number of nitrogens with one attached hydrogen (secondary N) is 1. The number of benzene rings is 1. The Kier molecular flexibility index (Phi) is 6.22. The van der Waals surface area contributed by atoms with Crippen LogP contribution in [-0.2, 0) is 6.54 Å². The van der Waals surface area contributed by atoms with Crippen LogP contribution in [-0.4, -0.2) is 48.2 Å². The van der Waals surface area contributed by atoms with E-state index in [1.54, 1.807) is 20.0 Å². The summed E-state index contributed by atoms with van der Waals surface area (Å²) in [6.45, 7) is 3.38. The highest BCUT2D eigenvalue weighted by Gasteiger charge is 2.08. The SMILES string of the molecule is CN=C(NCc1noc(C)n1)N(C)CCOc1cccc(Cl)c1. The highest BCUT2D eigenvalue weighted by molar-refractivity contribution is 6.30. The van der Waals surface area contributed by atoms with Gasteiger partial charge in [0.15, 0.2) is 11.8 Å². The number of guanidine groups is 1. The van der Waals surface area contributed by atoms with E-state index in [1.165, 1.54) is 0 Å². The molecule has 0 aliphatic heterocycles. The molecule has 7 nitrogen and oxygen atoms in total. The molecule has 1 heterocycles. The van der Waals surface area contributed by atoms with Gasteiger partial charge in [0.2, 0.25) is 5.89 Å². The first-order valence-corrected chi connectivity index (χ1v) is 7.55. The number of halogens is 1. The molecule has 2 rings (SSSR count). The molecule has 0 aliphatic rings. The van der Waals surface area contributed by atoms with Crippen molar-refractivity contribution in [2.45, 2.75) is 13.5 Å². The summed E-state index contributed by atoms with van der Waals surface area (Å²) in [5, 5.41) is 7.66. The molecule has 124 valence electrons. The lowest BCUT2D eigenvalue weighted by molar-refractivity contribution is 0.281. The van der Waals surface area contributed by atoms with Crippen molar-refractivity contribution in [2.24, 2.45) is 4.99 Å². The number of rotatable bonds is 6. The second kappa shape index (κ2) is 8.38. The first-order valence-electron chi connectivity index (χ1n) is 7.18. The van der Waals surface area contributed by atoms with Crippen LogP contribution in [0.4, 0.5) is 0 Å². The Morgan fingerprint density at radius 2 is 2.30 bits per heavy atom. The van der Waals surface area contributed by atoms with E-state index in [9.17, 15) is 0 Å². The summed E-state index contributed by atoms with van der Waals surface area (Å²) in [7, 11) is 3.65. The van der Waals surface area contributed by atoms with Crippen LogP contribution in [0.5, 0.6) is 5.75 Å². The summed E-state index contributed by atoms with van der Waals surface area (Å²) in [6.07, 6.45) is 0. The van der Waals surface area contributed by atoms with Crippen LogP contribution in [0.2, 0.25) is 5.02 Å². The quantitative estimate of drug-likeness (QED) is 0.642. The van der Waals surface area contributed by atoms with Gasteiger partial charge in [-0.15, -0.1) is 0 Å². The zero-order valence-electron chi connectivity index (χ0n) is 13.4. The van der Waals surface area contributed by atoms with Crippen LogP contribution in [0.15, 0.2) is 33.8 Å². The predicted octanol–water partition coefficient (Wildman–Crippen LogP) is 2.12. The van der Waals surface area contributed by atoms with Crippen molar-refractivity contribution in [1.82, 2.24) is 20.4 Å². The predicted molar refractivity (Wildman–Crippen MR) is 88.8 cm³/mol. The standard InChI is InChI=1S/C15H20ClN5O2/c1-11-19-14(20-23-11)10-18-15(17-2)21(3)7-8-22-13-6-4-5-12(16)9-13/h4-6,9H,7-8,10H2,1-3H3,(H,17,18). The van der Waals surface area contributed by atoms with Gasteiger partial charge in [0.05, 0.1) is 13.1 Å². The van der Waals surface area contributed by atoms with Crippen molar-refractivity contribution in [3.05, 3.63) is 41.0 Å². The number of likely N-dealkylation sites (N-methyl/N-ethyl adjacent to an activating group) is 1. The maximum absolute atomic E-state index is 5.92. The highest BCUT2D eigenvalue weighted by Crippen LogP contribution is 2.16. The number of aromatic nitrogens is 2. The van der Waals surface area contributed by atoms with E-state index in [1.807, 2.05) is 30.1 Å². The van der Waals surface area contributed by atoms with Crippen molar-refractivity contribution >= 4 is 17.6 Å². The van der Waals surface area contributed by atoms with E-state index >= 15 is 0 Å². The monoisotopic (exact) mass is 337 g/mol. The molecule has 0 amide bonds. The normalized spacial score (nSPS) is 11.4. The first kappa shape index (κ1) is 17.1. The molecular weight excluding hydrogens is 318 g/mol. The highest BCUT2D eigenvalue weighted by atomic mass is 35.5. The number of hydrogen-bond donors (Lipinski definition) is 1. The molecule has 1 aromatic carbocycles. The summed E-state index contributed by atoms with van der Waals surface area (Å²) in [5.41, 5.74) is 0. The fraction of sp³-hybridized carbons (Fsp3) is 0.400. The maximum Gasteiger partial charge on any atom is 0.223 e. The smallest absolute Gasteiger partial charge is 0.223 e. The van der Waals surface area contributed by atoms with Gasteiger partial charge >= 0.3 is 0 Å². The fourth-order valence-electron chi connectivity index (χ4n) is 1.92. The number of nitrogens with zero attached hydrogens (tertiary/aromatic N) is 4. The summed E-state index contributed by atoms with van der Waals surface area (Å²) >= 11 is 5.92. The van der Waals surface area contributed by atoms with Gasteiger partial charge in [-0.05, 0) is 18.2 Å². The van der Waals surface area contributed by atoms with Crippen LogP contribution in [0, 0.1) is 6.92 Å². The molecule has 0 bridgehead atoms. The maximum atomic E-state index is 5.92. The Morgan fingerprint density at radius 1 is 1.48 bits per heavy atom. The van der Waals surface area contributed by atoms with Crippen molar-refractivity contribution in [1.29, 1.82) is 0 Å². The molecule has 0 unspecified atom stereocenters. The molecule has 0 atom stereocenters.